The van der Waals surface area contributed by atoms with Crippen LogP contribution in [0.2, 0.25) is 0 Å². The third-order valence-electron chi connectivity index (χ3n) is 8.63. The van der Waals surface area contributed by atoms with Crippen molar-refractivity contribution in [3.05, 3.63) is 125 Å². The molecule has 236 valence electrons. The van der Waals surface area contributed by atoms with Crippen LogP contribution in [0.1, 0.15) is 52.4 Å². The summed E-state index contributed by atoms with van der Waals surface area (Å²) in [4.78, 5) is 13.0. The van der Waals surface area contributed by atoms with Gasteiger partial charge in [0.2, 0.25) is 15.9 Å². The van der Waals surface area contributed by atoms with E-state index in [0.717, 1.165) is 38.1 Å². The highest BCUT2D eigenvalue weighted by atomic mass is 32.2. The maximum Gasteiger partial charge on any atom is 0.416 e. The van der Waals surface area contributed by atoms with Gasteiger partial charge < -0.3 is 15.2 Å². The van der Waals surface area contributed by atoms with E-state index < -0.39 is 32.7 Å². The van der Waals surface area contributed by atoms with Crippen LogP contribution in [0.5, 0.6) is 0 Å². The molecule has 0 spiro atoms. The fourth-order valence-corrected chi connectivity index (χ4v) is 7.99. The van der Waals surface area contributed by atoms with Gasteiger partial charge in [0.05, 0.1) is 16.5 Å². The molecule has 1 amide bonds. The molecule has 2 unspecified atom stereocenters. The van der Waals surface area contributed by atoms with Crippen molar-refractivity contribution in [1.82, 2.24) is 19.5 Å². The number of carbonyl (C=O) groups excluding carboxylic acids is 1. The van der Waals surface area contributed by atoms with Gasteiger partial charge in [0.1, 0.15) is 0 Å². The predicted octanol–water partition coefficient (Wildman–Crippen LogP) is 5.61. The van der Waals surface area contributed by atoms with Crippen LogP contribution in [0.25, 0.3) is 0 Å². The number of fused-ring (bicyclic) bond motifs is 2. The molecule has 0 radical (unpaired) electrons. The van der Waals surface area contributed by atoms with Crippen LogP contribution in [0.3, 0.4) is 0 Å². The first kappa shape index (κ1) is 31.1. The number of nitrogens with zero attached hydrogens (tertiary/aromatic N) is 2. The number of halogens is 3. The lowest BCUT2D eigenvalue weighted by Crippen LogP contribution is -2.45. The normalized spacial score (nSPS) is 18.6. The van der Waals surface area contributed by atoms with E-state index >= 15 is 0 Å². The zero-order chi connectivity index (χ0) is 31.6. The maximum absolute atomic E-state index is 13.7. The van der Waals surface area contributed by atoms with Crippen molar-refractivity contribution in [2.45, 2.75) is 68.5 Å². The van der Waals surface area contributed by atoms with E-state index in [2.05, 4.69) is 41.0 Å². The van der Waals surface area contributed by atoms with Gasteiger partial charge in [0.15, 0.2) is 0 Å². The van der Waals surface area contributed by atoms with Crippen LogP contribution in [0.15, 0.2) is 96.0 Å². The SMILES string of the molecule is O=C(CC1c2cccn2CCN1S(=O)(=O)c1cccc(C(F)(F)F)c1)NC1CCc2cc(CNCc3ccccc3)ccc2C1. The summed E-state index contributed by atoms with van der Waals surface area (Å²) in [6.45, 7) is 1.92. The number of amides is 1. The van der Waals surface area contributed by atoms with Gasteiger partial charge >= 0.3 is 6.18 Å². The summed E-state index contributed by atoms with van der Waals surface area (Å²) in [5.41, 5.74) is 4.48. The second-order valence-electron chi connectivity index (χ2n) is 11.7. The number of aryl methyl sites for hydroxylation is 1. The van der Waals surface area contributed by atoms with Gasteiger partial charge in [-0.25, -0.2) is 8.42 Å². The molecule has 1 aliphatic carbocycles. The van der Waals surface area contributed by atoms with Gasteiger partial charge in [-0.1, -0.05) is 54.6 Å². The molecule has 11 heteroatoms. The lowest BCUT2D eigenvalue weighted by Gasteiger charge is -2.36. The highest BCUT2D eigenvalue weighted by molar-refractivity contribution is 7.89. The van der Waals surface area contributed by atoms with Crippen molar-refractivity contribution >= 4 is 15.9 Å². The number of hydrogen-bond acceptors (Lipinski definition) is 4. The molecule has 4 aromatic rings. The number of alkyl halides is 3. The highest BCUT2D eigenvalue weighted by Gasteiger charge is 2.39. The molecular weight excluding hydrogens is 601 g/mol. The van der Waals surface area contributed by atoms with E-state index in [1.807, 2.05) is 29.0 Å². The first-order valence-corrected chi connectivity index (χ1v) is 16.5. The monoisotopic (exact) mass is 636 g/mol. The Morgan fingerprint density at radius 2 is 1.67 bits per heavy atom. The quantitative estimate of drug-likeness (QED) is 0.251. The molecule has 2 aliphatic rings. The average molecular weight is 637 g/mol. The molecule has 2 N–H and O–H groups in total. The van der Waals surface area contributed by atoms with Crippen LogP contribution in [0.4, 0.5) is 13.2 Å². The lowest BCUT2D eigenvalue weighted by molar-refractivity contribution is -0.137. The van der Waals surface area contributed by atoms with Crippen molar-refractivity contribution < 1.29 is 26.4 Å². The van der Waals surface area contributed by atoms with E-state index in [-0.39, 0.29) is 24.9 Å². The Kier molecular flexibility index (Phi) is 8.85. The fraction of sp³-hybridized carbons (Fsp3) is 0.324. The van der Waals surface area contributed by atoms with Crippen molar-refractivity contribution in [1.29, 1.82) is 0 Å². The minimum Gasteiger partial charge on any atom is -0.353 e. The molecule has 1 aromatic heterocycles. The first-order chi connectivity index (χ1) is 21.6. The third kappa shape index (κ3) is 7.00. The van der Waals surface area contributed by atoms with Crippen LogP contribution < -0.4 is 10.6 Å². The molecule has 0 saturated carbocycles. The summed E-state index contributed by atoms with van der Waals surface area (Å²) >= 11 is 0. The Labute approximate surface area is 261 Å². The summed E-state index contributed by atoms with van der Waals surface area (Å²) < 4.78 is 70.6. The van der Waals surface area contributed by atoms with Crippen molar-refractivity contribution in [2.24, 2.45) is 0 Å². The van der Waals surface area contributed by atoms with Gasteiger partial charge in [-0.15, -0.1) is 0 Å². The molecule has 7 nitrogen and oxygen atoms in total. The molecule has 45 heavy (non-hydrogen) atoms. The molecular formula is C34H35F3N4O3S. The topological polar surface area (TPSA) is 83.4 Å². The zero-order valence-electron chi connectivity index (χ0n) is 24.6. The Balaban J connectivity index is 1.11. The summed E-state index contributed by atoms with van der Waals surface area (Å²) in [7, 11) is -4.33. The number of carbonyl (C=O) groups is 1. The molecule has 2 atom stereocenters. The number of benzene rings is 3. The molecule has 3 aromatic carbocycles. The zero-order valence-corrected chi connectivity index (χ0v) is 25.4. The van der Waals surface area contributed by atoms with Crippen molar-refractivity contribution in [3.63, 3.8) is 0 Å². The second-order valence-corrected chi connectivity index (χ2v) is 13.6. The van der Waals surface area contributed by atoms with Gasteiger partial charge in [-0.3, -0.25) is 4.79 Å². The van der Waals surface area contributed by atoms with Crippen LogP contribution in [0, 0.1) is 0 Å². The number of hydrogen-bond donors (Lipinski definition) is 2. The number of nitrogens with one attached hydrogen (secondary N) is 2. The van der Waals surface area contributed by atoms with E-state index in [0.29, 0.717) is 24.7 Å². The molecule has 0 fully saturated rings. The fourth-order valence-electron chi connectivity index (χ4n) is 6.36. The summed E-state index contributed by atoms with van der Waals surface area (Å²) in [6.07, 6.45) is -0.759. The Morgan fingerprint density at radius 3 is 2.47 bits per heavy atom. The molecule has 1 aliphatic heterocycles. The van der Waals surface area contributed by atoms with E-state index in [9.17, 15) is 26.4 Å². The predicted molar refractivity (Wildman–Crippen MR) is 165 cm³/mol. The van der Waals surface area contributed by atoms with E-state index in [1.54, 1.807) is 12.1 Å². The van der Waals surface area contributed by atoms with E-state index in [4.69, 9.17) is 0 Å². The van der Waals surface area contributed by atoms with Crippen LogP contribution in [-0.4, -0.2) is 35.8 Å². The second kappa shape index (κ2) is 12.8. The third-order valence-corrected chi connectivity index (χ3v) is 10.5. The van der Waals surface area contributed by atoms with Gasteiger partial charge in [-0.2, -0.15) is 17.5 Å². The molecule has 2 heterocycles. The molecule has 6 rings (SSSR count). The lowest BCUT2D eigenvalue weighted by atomic mass is 9.87. The highest BCUT2D eigenvalue weighted by Crippen LogP contribution is 2.36. The number of sulfonamides is 1. The number of aromatic nitrogens is 1. The van der Waals surface area contributed by atoms with Gasteiger partial charge in [-0.05, 0) is 71.8 Å². The van der Waals surface area contributed by atoms with Gasteiger partial charge in [0, 0.05) is 50.5 Å². The Morgan fingerprint density at radius 1 is 0.867 bits per heavy atom. The minimum atomic E-state index is -4.68. The first-order valence-electron chi connectivity index (χ1n) is 15.1. The molecule has 0 bridgehead atoms. The average Bonchev–Trinajstić information content (AvgIpc) is 3.51. The molecule has 0 saturated heterocycles. The van der Waals surface area contributed by atoms with Crippen molar-refractivity contribution in [2.75, 3.05) is 6.54 Å². The minimum absolute atomic E-state index is 0.0392. The standard InChI is InChI=1S/C34H35F3N4O3S/c35-34(36,37)28-8-4-9-30(20-28)45(43,44)41-17-16-40-15-5-10-31(40)32(41)21-33(42)39-29-14-13-26-18-25(11-12-27(26)19-29)23-38-22-24-6-2-1-3-7-24/h1-12,15,18,20,29,32,38H,13-14,16-17,19,21-23H2,(H,39,42). The van der Waals surface area contributed by atoms with Crippen LogP contribution >= 0.6 is 0 Å². The summed E-state index contributed by atoms with van der Waals surface area (Å²) in [6, 6.07) is 23.0. The summed E-state index contributed by atoms with van der Waals surface area (Å²) in [5, 5.41) is 6.59. The summed E-state index contributed by atoms with van der Waals surface area (Å²) in [5.74, 6) is -0.297. The Hall–Kier alpha value is -3.93. The maximum atomic E-state index is 13.7. The smallest absolute Gasteiger partial charge is 0.353 e. The van der Waals surface area contributed by atoms with Gasteiger partial charge in [0.25, 0.3) is 0 Å². The van der Waals surface area contributed by atoms with Crippen molar-refractivity contribution in [3.8, 4) is 0 Å². The van der Waals surface area contributed by atoms with Crippen LogP contribution in [-0.2, 0) is 53.5 Å². The van der Waals surface area contributed by atoms with E-state index in [1.165, 1.54) is 32.6 Å². The largest absolute Gasteiger partial charge is 0.416 e. The number of rotatable bonds is 9. The Bertz CT molecular complexity index is 1770.